The molecule has 1 atom stereocenters. The third kappa shape index (κ3) is 2.31. The monoisotopic (exact) mass is 103 g/mol. The van der Waals surface area contributed by atoms with Gasteiger partial charge in [-0.2, -0.15) is 0 Å². The first-order chi connectivity index (χ1) is 3.18. The van der Waals surface area contributed by atoms with E-state index in [1.807, 2.05) is 0 Å². The molecule has 3 N–H and O–H groups in total. The van der Waals surface area contributed by atoms with Crippen molar-refractivity contribution in [3.05, 3.63) is 0 Å². The summed E-state index contributed by atoms with van der Waals surface area (Å²) in [6, 6.07) is 0. The largest absolute Gasteiger partial charge is 0.386 e. The molecule has 42 valence electrons. The highest BCUT2D eigenvalue weighted by Gasteiger charge is 2.03. The van der Waals surface area contributed by atoms with Crippen molar-refractivity contribution in [1.82, 2.24) is 0 Å². The van der Waals surface area contributed by atoms with Crippen LogP contribution in [0.5, 0.6) is 0 Å². The van der Waals surface area contributed by atoms with E-state index in [0.29, 0.717) is 0 Å². The maximum absolute atomic E-state index is 10.1. The molecular formula is C4H9NO2. The number of ketones is 1. The fraction of sp³-hybridized carbons (Fsp3) is 0.750. The van der Waals surface area contributed by atoms with Crippen LogP contribution in [0.1, 0.15) is 6.92 Å². The van der Waals surface area contributed by atoms with Gasteiger partial charge >= 0.3 is 0 Å². The van der Waals surface area contributed by atoms with Crippen LogP contribution in [0, 0.1) is 0 Å². The molecule has 0 aromatic rings. The third-order valence-corrected chi connectivity index (χ3v) is 0.667. The van der Waals surface area contributed by atoms with E-state index in [1.165, 1.54) is 6.92 Å². The summed E-state index contributed by atoms with van der Waals surface area (Å²) >= 11 is 0. The second kappa shape index (κ2) is 2.71. The van der Waals surface area contributed by atoms with Crippen molar-refractivity contribution in [2.75, 3.05) is 6.54 Å². The molecule has 3 nitrogen and oxygen atoms in total. The first-order valence-corrected chi connectivity index (χ1v) is 2.09. The predicted molar refractivity (Wildman–Crippen MR) is 25.7 cm³/mol. The lowest BCUT2D eigenvalue weighted by Gasteiger charge is -1.95. The van der Waals surface area contributed by atoms with E-state index in [1.54, 1.807) is 0 Å². The average molecular weight is 103 g/mol. The van der Waals surface area contributed by atoms with Crippen molar-refractivity contribution < 1.29 is 9.90 Å². The number of carbonyl (C=O) groups is 1. The second-order valence-electron chi connectivity index (χ2n) is 1.35. The number of hydrogen-bond donors (Lipinski definition) is 2. The second-order valence-corrected chi connectivity index (χ2v) is 1.35. The Kier molecular flexibility index (Phi) is 2.55. The zero-order valence-electron chi connectivity index (χ0n) is 4.22. The normalized spacial score (nSPS) is 13.6. The highest BCUT2D eigenvalue weighted by molar-refractivity contribution is 5.83. The van der Waals surface area contributed by atoms with Crippen LogP contribution in [0.3, 0.4) is 0 Å². The molecule has 0 aromatic heterocycles. The summed E-state index contributed by atoms with van der Waals surface area (Å²) in [7, 11) is 0. The van der Waals surface area contributed by atoms with Crippen LogP contribution in [-0.4, -0.2) is 23.5 Å². The Hall–Kier alpha value is -0.410. The molecule has 0 aliphatic heterocycles. The molecule has 0 spiro atoms. The van der Waals surface area contributed by atoms with E-state index >= 15 is 0 Å². The van der Waals surface area contributed by atoms with Gasteiger partial charge in [0.05, 0.1) is 6.54 Å². The number of aliphatic hydroxyl groups is 1. The van der Waals surface area contributed by atoms with Gasteiger partial charge in [0.25, 0.3) is 0 Å². The number of hydrogen-bond acceptors (Lipinski definition) is 3. The van der Waals surface area contributed by atoms with E-state index < -0.39 is 6.10 Å². The van der Waals surface area contributed by atoms with Crippen LogP contribution in [0.4, 0.5) is 0 Å². The highest BCUT2D eigenvalue weighted by Crippen LogP contribution is 1.77. The summed E-state index contributed by atoms with van der Waals surface area (Å²) in [4.78, 5) is 10.1. The topological polar surface area (TPSA) is 63.3 Å². The van der Waals surface area contributed by atoms with Crippen LogP contribution >= 0.6 is 0 Å². The van der Waals surface area contributed by atoms with Gasteiger partial charge in [0.1, 0.15) is 6.10 Å². The molecule has 0 amide bonds. The van der Waals surface area contributed by atoms with E-state index in [-0.39, 0.29) is 12.3 Å². The van der Waals surface area contributed by atoms with E-state index in [4.69, 9.17) is 10.8 Å². The molecular weight excluding hydrogens is 94.0 g/mol. The lowest BCUT2D eigenvalue weighted by molar-refractivity contribution is -0.124. The molecule has 3 heteroatoms. The highest BCUT2D eigenvalue weighted by atomic mass is 16.3. The van der Waals surface area contributed by atoms with Crippen molar-refractivity contribution in [2.45, 2.75) is 13.0 Å². The Labute approximate surface area is 42.1 Å². The molecule has 0 rings (SSSR count). The van der Waals surface area contributed by atoms with Gasteiger partial charge in [-0.25, -0.2) is 0 Å². The lowest BCUT2D eigenvalue weighted by atomic mass is 10.3. The average Bonchev–Trinajstić information content (AvgIpc) is 1.65. The summed E-state index contributed by atoms with van der Waals surface area (Å²) in [6.45, 7) is 1.33. The molecule has 0 aliphatic rings. The Bertz CT molecular complexity index is 70.1. The summed E-state index contributed by atoms with van der Waals surface area (Å²) in [5.41, 5.74) is 4.86. The standard InChI is InChI=1S/C4H9NO2/c1-3(6)4(7)2-5/h3,6H,2,5H2,1H3. The maximum Gasteiger partial charge on any atom is 0.174 e. The van der Waals surface area contributed by atoms with E-state index in [2.05, 4.69) is 0 Å². The lowest BCUT2D eigenvalue weighted by Crippen LogP contribution is -2.24. The number of aliphatic hydroxyl groups excluding tert-OH is 1. The van der Waals surface area contributed by atoms with Crippen molar-refractivity contribution in [1.29, 1.82) is 0 Å². The zero-order chi connectivity index (χ0) is 5.86. The summed E-state index contributed by atoms with van der Waals surface area (Å²) in [5.74, 6) is -0.319. The fourth-order valence-electron chi connectivity index (χ4n) is 0.171. The van der Waals surface area contributed by atoms with Gasteiger partial charge in [-0.15, -0.1) is 0 Å². The number of carbonyl (C=O) groups excluding carboxylic acids is 1. The van der Waals surface area contributed by atoms with Gasteiger partial charge in [-0.05, 0) is 6.92 Å². The van der Waals surface area contributed by atoms with E-state index in [0.717, 1.165) is 0 Å². The number of nitrogens with two attached hydrogens (primary N) is 1. The SMILES string of the molecule is CC(O)C(=O)CN. The Morgan fingerprint density at radius 3 is 2.43 bits per heavy atom. The molecule has 0 saturated heterocycles. The predicted octanol–water partition coefficient (Wildman–Crippen LogP) is -1.11. The van der Waals surface area contributed by atoms with Crippen LogP contribution in [0.2, 0.25) is 0 Å². The first-order valence-electron chi connectivity index (χ1n) is 2.09. The van der Waals surface area contributed by atoms with Gasteiger partial charge in [0, 0.05) is 0 Å². The fourth-order valence-corrected chi connectivity index (χ4v) is 0.171. The number of rotatable bonds is 2. The van der Waals surface area contributed by atoms with Crippen molar-refractivity contribution in [3.8, 4) is 0 Å². The molecule has 0 bridgehead atoms. The summed E-state index contributed by atoms with van der Waals surface area (Å²) < 4.78 is 0. The minimum atomic E-state index is -0.898. The smallest absolute Gasteiger partial charge is 0.174 e. The van der Waals surface area contributed by atoms with Crippen LogP contribution in [0.15, 0.2) is 0 Å². The molecule has 0 aliphatic carbocycles. The van der Waals surface area contributed by atoms with E-state index in [9.17, 15) is 4.79 Å². The quantitative estimate of drug-likeness (QED) is 0.466. The van der Waals surface area contributed by atoms with Crippen LogP contribution < -0.4 is 5.73 Å². The molecule has 7 heavy (non-hydrogen) atoms. The van der Waals surface area contributed by atoms with Crippen molar-refractivity contribution in [2.24, 2.45) is 5.73 Å². The summed E-state index contributed by atoms with van der Waals surface area (Å²) in [6.07, 6.45) is -0.898. The molecule has 0 heterocycles. The van der Waals surface area contributed by atoms with Crippen molar-refractivity contribution in [3.63, 3.8) is 0 Å². The molecule has 0 aromatic carbocycles. The Balaban J connectivity index is 3.35. The Morgan fingerprint density at radius 2 is 2.43 bits per heavy atom. The molecule has 0 fully saturated rings. The van der Waals surface area contributed by atoms with Crippen molar-refractivity contribution >= 4 is 5.78 Å². The summed E-state index contributed by atoms with van der Waals surface area (Å²) in [5, 5.41) is 8.39. The maximum atomic E-state index is 10.1. The zero-order valence-corrected chi connectivity index (χ0v) is 4.22. The first kappa shape index (κ1) is 6.59. The minimum Gasteiger partial charge on any atom is -0.386 e. The van der Waals surface area contributed by atoms with Gasteiger partial charge < -0.3 is 10.8 Å². The molecule has 1 unspecified atom stereocenters. The molecule has 0 radical (unpaired) electrons. The molecule has 0 saturated carbocycles. The van der Waals surface area contributed by atoms with Gasteiger partial charge in [0.15, 0.2) is 5.78 Å². The number of Topliss-reactive ketones (excluding diaryl/α,β-unsaturated/α-hetero) is 1. The van der Waals surface area contributed by atoms with Gasteiger partial charge in [-0.1, -0.05) is 0 Å². The minimum absolute atomic E-state index is 0.0718. The Morgan fingerprint density at radius 1 is 2.00 bits per heavy atom. The van der Waals surface area contributed by atoms with Gasteiger partial charge in [-0.3, -0.25) is 4.79 Å². The van der Waals surface area contributed by atoms with Gasteiger partial charge in [0.2, 0.25) is 0 Å². The van der Waals surface area contributed by atoms with Crippen LogP contribution in [0.25, 0.3) is 0 Å². The van der Waals surface area contributed by atoms with Crippen LogP contribution in [-0.2, 0) is 4.79 Å². The third-order valence-electron chi connectivity index (χ3n) is 0.667.